The molecule has 0 aliphatic rings. The van der Waals surface area contributed by atoms with Gasteiger partial charge in [0.25, 0.3) is 0 Å². The van der Waals surface area contributed by atoms with Crippen molar-refractivity contribution in [1.82, 2.24) is 14.9 Å². The summed E-state index contributed by atoms with van der Waals surface area (Å²) < 4.78 is 2.26. The Hall–Kier alpha value is -0.830. The Labute approximate surface area is 106 Å². The lowest BCUT2D eigenvalue weighted by molar-refractivity contribution is 0.346. The largest absolute Gasteiger partial charge is 0.334 e. The van der Waals surface area contributed by atoms with Crippen molar-refractivity contribution in [3.63, 3.8) is 0 Å². The van der Waals surface area contributed by atoms with Crippen molar-refractivity contribution < 1.29 is 0 Å². The number of aromatic nitrogens is 2. The highest BCUT2D eigenvalue weighted by molar-refractivity contribution is 4.92. The summed E-state index contributed by atoms with van der Waals surface area (Å²) in [6, 6.07) is 0. The number of rotatable bonds is 6. The van der Waals surface area contributed by atoms with Crippen LogP contribution in [-0.4, -0.2) is 16.1 Å². The molecule has 0 aliphatic heterocycles. The minimum Gasteiger partial charge on any atom is -0.334 e. The fourth-order valence-electron chi connectivity index (χ4n) is 1.64. The quantitative estimate of drug-likeness (QED) is 0.824. The van der Waals surface area contributed by atoms with Crippen LogP contribution in [0.4, 0.5) is 0 Å². The average Bonchev–Trinajstić information content (AvgIpc) is 2.61. The molecule has 0 aliphatic carbocycles. The van der Waals surface area contributed by atoms with Gasteiger partial charge in [-0.2, -0.15) is 0 Å². The highest BCUT2D eigenvalue weighted by Crippen LogP contribution is 2.19. The molecule has 17 heavy (non-hydrogen) atoms. The lowest BCUT2D eigenvalue weighted by Crippen LogP contribution is -2.22. The summed E-state index contributed by atoms with van der Waals surface area (Å²) in [6.07, 6.45) is 5.16. The van der Waals surface area contributed by atoms with Gasteiger partial charge in [-0.1, -0.05) is 34.6 Å². The Balaban J connectivity index is 2.43. The van der Waals surface area contributed by atoms with Gasteiger partial charge in [0.1, 0.15) is 5.82 Å². The summed E-state index contributed by atoms with van der Waals surface area (Å²) in [7, 11) is 0. The lowest BCUT2D eigenvalue weighted by Gasteiger charge is -2.19. The molecule has 0 bridgehead atoms. The van der Waals surface area contributed by atoms with Crippen molar-refractivity contribution in [2.75, 3.05) is 6.54 Å². The third-order valence-corrected chi connectivity index (χ3v) is 2.74. The third-order valence-electron chi connectivity index (χ3n) is 2.74. The van der Waals surface area contributed by atoms with Crippen LogP contribution in [0.25, 0.3) is 0 Å². The minimum absolute atomic E-state index is 0.382. The molecule has 0 amide bonds. The zero-order valence-corrected chi connectivity index (χ0v) is 12.0. The van der Waals surface area contributed by atoms with Gasteiger partial charge in [0.05, 0.1) is 6.54 Å². The van der Waals surface area contributed by atoms with Crippen molar-refractivity contribution >= 4 is 0 Å². The van der Waals surface area contributed by atoms with E-state index >= 15 is 0 Å². The Kier molecular flexibility index (Phi) is 5.19. The van der Waals surface area contributed by atoms with E-state index in [0.717, 1.165) is 25.5 Å². The van der Waals surface area contributed by atoms with Crippen molar-refractivity contribution in [3.8, 4) is 0 Å². The summed E-state index contributed by atoms with van der Waals surface area (Å²) in [5.41, 5.74) is 0.382. The fourth-order valence-corrected chi connectivity index (χ4v) is 1.64. The molecule has 0 aromatic carbocycles. The summed E-state index contributed by atoms with van der Waals surface area (Å²) in [5.74, 6) is 1.84. The summed E-state index contributed by atoms with van der Waals surface area (Å²) in [6.45, 7) is 14.3. The molecule has 1 rings (SSSR count). The molecule has 0 saturated heterocycles. The first-order valence-electron chi connectivity index (χ1n) is 6.59. The van der Waals surface area contributed by atoms with E-state index in [1.54, 1.807) is 0 Å². The summed E-state index contributed by atoms with van der Waals surface area (Å²) in [5, 5.41) is 3.44. The van der Waals surface area contributed by atoms with Crippen molar-refractivity contribution in [3.05, 3.63) is 18.2 Å². The van der Waals surface area contributed by atoms with E-state index in [0.29, 0.717) is 11.3 Å². The molecule has 3 nitrogen and oxygen atoms in total. The van der Waals surface area contributed by atoms with Gasteiger partial charge in [-0.3, -0.25) is 0 Å². The monoisotopic (exact) mass is 237 g/mol. The van der Waals surface area contributed by atoms with Crippen LogP contribution in [0.1, 0.15) is 46.9 Å². The zero-order chi connectivity index (χ0) is 12.9. The standard InChI is InChI=1S/C14H27N3/c1-12(2)10-15-11-13-16-7-9-17(13)8-6-14(3,4)5/h7,9,12,15H,6,8,10-11H2,1-5H3. The maximum absolute atomic E-state index is 4.41. The van der Waals surface area contributed by atoms with E-state index in [9.17, 15) is 0 Å². The number of aryl methyl sites for hydroxylation is 1. The second kappa shape index (κ2) is 6.20. The van der Waals surface area contributed by atoms with Crippen LogP contribution in [0.5, 0.6) is 0 Å². The minimum atomic E-state index is 0.382. The molecule has 1 aromatic rings. The lowest BCUT2D eigenvalue weighted by atomic mass is 9.92. The van der Waals surface area contributed by atoms with E-state index in [-0.39, 0.29) is 0 Å². The van der Waals surface area contributed by atoms with Gasteiger partial charge in [0, 0.05) is 18.9 Å². The van der Waals surface area contributed by atoms with E-state index < -0.39 is 0 Å². The van der Waals surface area contributed by atoms with Crippen LogP contribution in [0.3, 0.4) is 0 Å². The SMILES string of the molecule is CC(C)CNCc1nccn1CCC(C)(C)C. The molecular formula is C14H27N3. The number of hydrogen-bond donors (Lipinski definition) is 1. The molecule has 1 aromatic heterocycles. The Morgan fingerprint density at radius 2 is 2.06 bits per heavy atom. The summed E-state index contributed by atoms with van der Waals surface area (Å²) >= 11 is 0. The average molecular weight is 237 g/mol. The third kappa shape index (κ3) is 5.87. The first-order chi connectivity index (χ1) is 7.88. The molecule has 0 radical (unpaired) electrons. The molecular weight excluding hydrogens is 210 g/mol. The Morgan fingerprint density at radius 3 is 2.65 bits per heavy atom. The van der Waals surface area contributed by atoms with Crippen LogP contribution < -0.4 is 5.32 Å². The van der Waals surface area contributed by atoms with Crippen LogP contribution in [0, 0.1) is 11.3 Å². The van der Waals surface area contributed by atoms with Crippen LogP contribution in [0.15, 0.2) is 12.4 Å². The van der Waals surface area contributed by atoms with Crippen molar-refractivity contribution in [2.24, 2.45) is 11.3 Å². The molecule has 1 N–H and O–H groups in total. The molecule has 0 unspecified atom stereocenters. The molecule has 0 saturated carbocycles. The van der Waals surface area contributed by atoms with E-state index in [1.807, 2.05) is 6.20 Å². The van der Waals surface area contributed by atoms with E-state index in [1.165, 1.54) is 6.42 Å². The first-order valence-corrected chi connectivity index (χ1v) is 6.59. The molecule has 3 heteroatoms. The maximum Gasteiger partial charge on any atom is 0.122 e. The topological polar surface area (TPSA) is 29.9 Å². The van der Waals surface area contributed by atoms with Gasteiger partial charge in [-0.05, 0) is 24.3 Å². The smallest absolute Gasteiger partial charge is 0.122 e. The van der Waals surface area contributed by atoms with Gasteiger partial charge in [-0.15, -0.1) is 0 Å². The first kappa shape index (κ1) is 14.2. The molecule has 98 valence electrons. The predicted octanol–water partition coefficient (Wildman–Crippen LogP) is 3.06. The molecule has 1 heterocycles. The van der Waals surface area contributed by atoms with E-state index in [2.05, 4.69) is 55.7 Å². The van der Waals surface area contributed by atoms with E-state index in [4.69, 9.17) is 0 Å². The van der Waals surface area contributed by atoms with Crippen LogP contribution in [0.2, 0.25) is 0 Å². The zero-order valence-electron chi connectivity index (χ0n) is 12.0. The van der Waals surface area contributed by atoms with Crippen LogP contribution in [-0.2, 0) is 13.1 Å². The van der Waals surface area contributed by atoms with Gasteiger partial charge in [0.2, 0.25) is 0 Å². The normalized spacial score (nSPS) is 12.4. The number of nitrogens with zero attached hydrogens (tertiary/aromatic N) is 2. The number of hydrogen-bond acceptors (Lipinski definition) is 2. The van der Waals surface area contributed by atoms with Gasteiger partial charge in [0.15, 0.2) is 0 Å². The molecule has 0 fully saturated rings. The summed E-state index contributed by atoms with van der Waals surface area (Å²) in [4.78, 5) is 4.41. The van der Waals surface area contributed by atoms with Gasteiger partial charge in [-0.25, -0.2) is 4.98 Å². The van der Waals surface area contributed by atoms with Crippen molar-refractivity contribution in [2.45, 2.75) is 54.1 Å². The Morgan fingerprint density at radius 1 is 1.35 bits per heavy atom. The highest BCUT2D eigenvalue weighted by Gasteiger charge is 2.11. The van der Waals surface area contributed by atoms with Crippen molar-refractivity contribution in [1.29, 1.82) is 0 Å². The van der Waals surface area contributed by atoms with Gasteiger partial charge < -0.3 is 9.88 Å². The number of imidazole rings is 1. The van der Waals surface area contributed by atoms with Crippen LogP contribution >= 0.6 is 0 Å². The fraction of sp³-hybridized carbons (Fsp3) is 0.786. The maximum atomic E-state index is 4.41. The highest BCUT2D eigenvalue weighted by atomic mass is 15.1. The second-order valence-corrected chi connectivity index (χ2v) is 6.37. The van der Waals surface area contributed by atoms with Gasteiger partial charge >= 0.3 is 0 Å². The predicted molar refractivity (Wildman–Crippen MR) is 72.8 cm³/mol. The molecule has 0 spiro atoms. The molecule has 0 atom stereocenters. The second-order valence-electron chi connectivity index (χ2n) is 6.37. The Bertz CT molecular complexity index is 320. The number of nitrogens with one attached hydrogen (secondary N) is 1.